The second kappa shape index (κ2) is 7.69. The normalized spacial score (nSPS) is 10.8. The van der Waals surface area contributed by atoms with E-state index in [0.29, 0.717) is 0 Å². The smallest absolute Gasteiger partial charge is 0.147 e. The van der Waals surface area contributed by atoms with E-state index in [1.54, 1.807) is 18.4 Å². The Kier molecular flexibility index (Phi) is 5.91. The largest absolute Gasteiger partial charge is 0.383 e. The molecular weight excluding hydrogens is 326 g/mol. The molecule has 0 atom stereocenters. The molecule has 0 saturated heterocycles. The number of aromatic nitrogens is 2. The molecule has 6 heteroatoms. The Hall–Kier alpha value is -0.820. The zero-order chi connectivity index (χ0) is 13.5. The van der Waals surface area contributed by atoms with Gasteiger partial charge >= 0.3 is 0 Å². The van der Waals surface area contributed by atoms with Crippen LogP contribution in [0.5, 0.6) is 0 Å². The highest BCUT2D eigenvalue weighted by atomic mass is 79.9. The Morgan fingerprint density at radius 1 is 1.32 bits per heavy atom. The number of rotatable bonds is 7. The highest BCUT2D eigenvalue weighted by Gasteiger charge is 2.06. The highest BCUT2D eigenvalue weighted by Crippen LogP contribution is 2.25. The lowest BCUT2D eigenvalue weighted by atomic mass is 10.2. The van der Waals surface area contributed by atoms with Crippen molar-refractivity contribution in [3.05, 3.63) is 33.7 Å². The third-order valence-electron chi connectivity index (χ3n) is 2.54. The SMILES string of the molecule is COCCNCCc1nnc(-c2cccc(Br)c2)s1. The first-order valence-electron chi connectivity index (χ1n) is 6.07. The van der Waals surface area contributed by atoms with E-state index in [2.05, 4.69) is 37.5 Å². The van der Waals surface area contributed by atoms with Crippen molar-refractivity contribution in [2.45, 2.75) is 6.42 Å². The van der Waals surface area contributed by atoms with Crippen LogP contribution in [0.3, 0.4) is 0 Å². The van der Waals surface area contributed by atoms with Gasteiger partial charge in [-0.3, -0.25) is 0 Å². The average molecular weight is 342 g/mol. The second-order valence-corrected chi connectivity index (χ2v) is 5.98. The van der Waals surface area contributed by atoms with Crippen LogP contribution in [-0.2, 0) is 11.2 Å². The number of nitrogens with one attached hydrogen (secondary N) is 1. The maximum absolute atomic E-state index is 4.97. The van der Waals surface area contributed by atoms with Crippen molar-refractivity contribution >= 4 is 27.3 Å². The van der Waals surface area contributed by atoms with Crippen molar-refractivity contribution in [1.82, 2.24) is 15.5 Å². The summed E-state index contributed by atoms with van der Waals surface area (Å²) in [5.41, 5.74) is 1.10. The summed E-state index contributed by atoms with van der Waals surface area (Å²) < 4.78 is 6.03. The predicted octanol–water partition coefficient (Wildman–Crippen LogP) is 2.75. The van der Waals surface area contributed by atoms with Crippen LogP contribution in [0.25, 0.3) is 10.6 Å². The quantitative estimate of drug-likeness (QED) is 0.786. The van der Waals surface area contributed by atoms with E-state index in [-0.39, 0.29) is 0 Å². The van der Waals surface area contributed by atoms with Crippen molar-refractivity contribution in [1.29, 1.82) is 0 Å². The minimum absolute atomic E-state index is 0.736. The number of ether oxygens (including phenoxy) is 1. The van der Waals surface area contributed by atoms with E-state index in [1.807, 2.05) is 18.2 Å². The van der Waals surface area contributed by atoms with Crippen LogP contribution in [0.2, 0.25) is 0 Å². The van der Waals surface area contributed by atoms with Crippen LogP contribution in [0.1, 0.15) is 5.01 Å². The van der Waals surface area contributed by atoms with Gasteiger partial charge in [0.15, 0.2) is 0 Å². The molecule has 0 aliphatic carbocycles. The fraction of sp³-hybridized carbons (Fsp3) is 0.385. The lowest BCUT2D eigenvalue weighted by molar-refractivity contribution is 0.199. The van der Waals surface area contributed by atoms with Crippen molar-refractivity contribution in [3.63, 3.8) is 0 Å². The van der Waals surface area contributed by atoms with Gasteiger partial charge in [0.1, 0.15) is 10.0 Å². The first kappa shape index (κ1) is 14.6. The number of benzene rings is 1. The standard InChI is InChI=1S/C13H16BrN3OS/c1-18-8-7-15-6-5-12-16-17-13(19-12)10-3-2-4-11(14)9-10/h2-4,9,15H,5-8H2,1H3. The molecule has 2 aromatic rings. The molecule has 0 aliphatic rings. The zero-order valence-corrected chi connectivity index (χ0v) is 13.1. The van der Waals surface area contributed by atoms with E-state index in [1.165, 1.54) is 0 Å². The van der Waals surface area contributed by atoms with Crippen molar-refractivity contribution in [3.8, 4) is 10.6 Å². The lowest BCUT2D eigenvalue weighted by Crippen LogP contribution is -2.21. The molecule has 1 N–H and O–H groups in total. The maximum Gasteiger partial charge on any atom is 0.147 e. The van der Waals surface area contributed by atoms with E-state index in [9.17, 15) is 0 Å². The van der Waals surface area contributed by atoms with Crippen LogP contribution in [0.4, 0.5) is 0 Å². The molecule has 19 heavy (non-hydrogen) atoms. The molecule has 0 spiro atoms. The molecule has 0 bridgehead atoms. The molecule has 4 nitrogen and oxygen atoms in total. The molecule has 0 fully saturated rings. The number of methoxy groups -OCH3 is 1. The first-order valence-corrected chi connectivity index (χ1v) is 7.68. The molecule has 0 unspecified atom stereocenters. The van der Waals surface area contributed by atoms with Gasteiger partial charge in [0.2, 0.25) is 0 Å². The number of hydrogen-bond acceptors (Lipinski definition) is 5. The molecule has 1 aromatic heterocycles. The fourth-order valence-electron chi connectivity index (χ4n) is 1.59. The summed E-state index contributed by atoms with van der Waals surface area (Å²) in [6.45, 7) is 2.50. The van der Waals surface area contributed by atoms with Gasteiger partial charge in [-0.25, -0.2) is 0 Å². The van der Waals surface area contributed by atoms with Gasteiger partial charge in [0.05, 0.1) is 6.61 Å². The summed E-state index contributed by atoms with van der Waals surface area (Å²) in [4.78, 5) is 0. The molecule has 0 amide bonds. The third-order valence-corrected chi connectivity index (χ3v) is 4.06. The Morgan fingerprint density at radius 3 is 3.00 bits per heavy atom. The van der Waals surface area contributed by atoms with Crippen LogP contribution in [-0.4, -0.2) is 37.0 Å². The molecule has 2 rings (SSSR count). The highest BCUT2D eigenvalue weighted by molar-refractivity contribution is 9.10. The second-order valence-electron chi connectivity index (χ2n) is 4.00. The monoisotopic (exact) mass is 341 g/mol. The molecule has 1 aromatic carbocycles. The van der Waals surface area contributed by atoms with E-state index in [0.717, 1.165) is 46.2 Å². The Bertz CT molecular complexity index is 518. The van der Waals surface area contributed by atoms with Crippen molar-refractivity contribution < 1.29 is 4.74 Å². The molecule has 1 heterocycles. The van der Waals surface area contributed by atoms with Crippen molar-refractivity contribution in [2.75, 3.05) is 26.8 Å². The van der Waals surface area contributed by atoms with Gasteiger partial charge in [-0.1, -0.05) is 39.4 Å². The predicted molar refractivity (Wildman–Crippen MR) is 81.5 cm³/mol. The number of hydrogen-bond donors (Lipinski definition) is 1. The average Bonchev–Trinajstić information content (AvgIpc) is 2.87. The third kappa shape index (κ3) is 4.65. The van der Waals surface area contributed by atoms with Crippen molar-refractivity contribution in [2.24, 2.45) is 0 Å². The molecule has 102 valence electrons. The van der Waals surface area contributed by atoms with Gasteiger partial charge in [-0.2, -0.15) is 0 Å². The minimum Gasteiger partial charge on any atom is -0.383 e. The number of nitrogens with zero attached hydrogens (tertiary/aromatic N) is 2. The van der Waals surface area contributed by atoms with Crippen LogP contribution in [0, 0.1) is 0 Å². The van der Waals surface area contributed by atoms with Crippen LogP contribution in [0.15, 0.2) is 28.7 Å². The lowest BCUT2D eigenvalue weighted by Gasteiger charge is -2.00. The molecule has 0 aliphatic heterocycles. The van der Waals surface area contributed by atoms with Gasteiger partial charge in [0.25, 0.3) is 0 Å². The van der Waals surface area contributed by atoms with Crippen LogP contribution >= 0.6 is 27.3 Å². The van der Waals surface area contributed by atoms with Gasteiger partial charge in [0, 0.05) is 36.7 Å². The van der Waals surface area contributed by atoms with E-state index >= 15 is 0 Å². The first-order chi connectivity index (χ1) is 9.29. The van der Waals surface area contributed by atoms with Crippen LogP contribution < -0.4 is 5.32 Å². The van der Waals surface area contributed by atoms with E-state index < -0.39 is 0 Å². The maximum atomic E-state index is 4.97. The fourth-order valence-corrected chi connectivity index (χ4v) is 2.82. The summed E-state index contributed by atoms with van der Waals surface area (Å²) in [5, 5.41) is 13.8. The summed E-state index contributed by atoms with van der Waals surface area (Å²) in [6, 6.07) is 8.12. The minimum atomic E-state index is 0.736. The Labute approximate surface area is 125 Å². The molecule has 0 saturated carbocycles. The topological polar surface area (TPSA) is 47.0 Å². The van der Waals surface area contributed by atoms with Gasteiger partial charge in [-0.15, -0.1) is 10.2 Å². The molecule has 0 radical (unpaired) electrons. The Balaban J connectivity index is 1.88. The summed E-state index contributed by atoms with van der Waals surface area (Å²) in [7, 11) is 1.71. The zero-order valence-electron chi connectivity index (χ0n) is 10.7. The van der Waals surface area contributed by atoms with Gasteiger partial charge in [-0.05, 0) is 12.1 Å². The van der Waals surface area contributed by atoms with Gasteiger partial charge < -0.3 is 10.1 Å². The van der Waals surface area contributed by atoms with E-state index in [4.69, 9.17) is 4.74 Å². The summed E-state index contributed by atoms with van der Waals surface area (Å²) in [6.07, 6.45) is 0.898. The number of halogens is 1. The Morgan fingerprint density at radius 2 is 2.21 bits per heavy atom. The molecular formula is C13H16BrN3OS. The summed E-state index contributed by atoms with van der Waals surface area (Å²) >= 11 is 5.11. The summed E-state index contributed by atoms with van der Waals surface area (Å²) in [5.74, 6) is 0.